The zero-order valence-corrected chi connectivity index (χ0v) is 17.4. The molecule has 5 aromatic rings. The standard InChI is InChI=1S/C28H23N3/c1-22-30-27(23-12-11-19-29-20-23)21-31(22)28(24-13-5-2-6-14-24,25-15-7-3-8-16-25)26-17-9-4-10-18-26/h2-21H,1H3. The molecule has 31 heavy (non-hydrogen) atoms. The van der Waals surface area contributed by atoms with Crippen molar-refractivity contribution in [2.45, 2.75) is 12.5 Å². The summed E-state index contributed by atoms with van der Waals surface area (Å²) >= 11 is 0. The summed E-state index contributed by atoms with van der Waals surface area (Å²) in [6.07, 6.45) is 5.80. The van der Waals surface area contributed by atoms with Crippen LogP contribution in [0.25, 0.3) is 11.3 Å². The Bertz CT molecular complexity index is 1160. The molecule has 2 heterocycles. The van der Waals surface area contributed by atoms with Crippen LogP contribution in [-0.2, 0) is 5.54 Å². The van der Waals surface area contributed by atoms with Crippen molar-refractivity contribution in [2.24, 2.45) is 0 Å². The molecule has 0 fully saturated rings. The van der Waals surface area contributed by atoms with E-state index < -0.39 is 5.54 Å². The van der Waals surface area contributed by atoms with Crippen LogP contribution in [-0.4, -0.2) is 14.5 Å². The highest BCUT2D eigenvalue weighted by molar-refractivity contribution is 5.59. The van der Waals surface area contributed by atoms with Gasteiger partial charge < -0.3 is 4.57 Å². The van der Waals surface area contributed by atoms with Gasteiger partial charge in [0.2, 0.25) is 0 Å². The third-order valence-corrected chi connectivity index (χ3v) is 5.78. The van der Waals surface area contributed by atoms with E-state index in [1.807, 2.05) is 18.3 Å². The lowest BCUT2D eigenvalue weighted by molar-refractivity contribution is 0.502. The SMILES string of the molecule is Cc1nc(-c2cccnc2)cn1C(c1ccccc1)(c1ccccc1)c1ccccc1. The topological polar surface area (TPSA) is 30.7 Å². The van der Waals surface area contributed by atoms with E-state index in [0.29, 0.717) is 0 Å². The first-order valence-electron chi connectivity index (χ1n) is 10.4. The fourth-order valence-electron chi connectivity index (χ4n) is 4.42. The molecule has 5 rings (SSSR count). The van der Waals surface area contributed by atoms with E-state index in [2.05, 4.69) is 114 Å². The minimum Gasteiger partial charge on any atom is -0.316 e. The second kappa shape index (κ2) is 8.04. The Morgan fingerprint density at radius 1 is 0.645 bits per heavy atom. The fourth-order valence-corrected chi connectivity index (χ4v) is 4.42. The molecule has 0 bridgehead atoms. The monoisotopic (exact) mass is 401 g/mol. The average Bonchev–Trinajstić information content (AvgIpc) is 3.24. The largest absolute Gasteiger partial charge is 0.316 e. The first-order valence-corrected chi connectivity index (χ1v) is 10.4. The minimum absolute atomic E-state index is 0.554. The highest BCUT2D eigenvalue weighted by Crippen LogP contribution is 2.42. The van der Waals surface area contributed by atoms with E-state index in [-0.39, 0.29) is 0 Å². The van der Waals surface area contributed by atoms with Crippen molar-refractivity contribution in [3.63, 3.8) is 0 Å². The Balaban J connectivity index is 1.87. The maximum atomic E-state index is 4.95. The molecule has 2 aromatic heterocycles. The van der Waals surface area contributed by atoms with Crippen LogP contribution in [0.2, 0.25) is 0 Å². The van der Waals surface area contributed by atoms with Gasteiger partial charge in [-0.2, -0.15) is 0 Å². The van der Waals surface area contributed by atoms with Gasteiger partial charge in [0, 0.05) is 24.2 Å². The van der Waals surface area contributed by atoms with Gasteiger partial charge in [-0.15, -0.1) is 0 Å². The molecule has 0 aliphatic heterocycles. The van der Waals surface area contributed by atoms with Crippen LogP contribution in [0.1, 0.15) is 22.5 Å². The highest BCUT2D eigenvalue weighted by Gasteiger charge is 2.39. The summed E-state index contributed by atoms with van der Waals surface area (Å²) in [7, 11) is 0. The molecule has 3 aromatic carbocycles. The minimum atomic E-state index is -0.554. The van der Waals surface area contributed by atoms with Crippen molar-refractivity contribution >= 4 is 0 Å². The van der Waals surface area contributed by atoms with Crippen molar-refractivity contribution in [1.82, 2.24) is 14.5 Å². The number of aromatic nitrogens is 3. The predicted octanol–water partition coefficient (Wildman–Crippen LogP) is 6.09. The van der Waals surface area contributed by atoms with Crippen LogP contribution >= 0.6 is 0 Å². The number of aryl methyl sites for hydroxylation is 1. The van der Waals surface area contributed by atoms with E-state index in [4.69, 9.17) is 4.98 Å². The Morgan fingerprint density at radius 3 is 1.61 bits per heavy atom. The first kappa shape index (κ1) is 19.0. The van der Waals surface area contributed by atoms with Crippen molar-refractivity contribution < 1.29 is 0 Å². The molecule has 3 heteroatoms. The molecule has 0 saturated carbocycles. The van der Waals surface area contributed by atoms with Gasteiger partial charge in [-0.1, -0.05) is 91.0 Å². The Kier molecular flexibility index (Phi) is 4.93. The van der Waals surface area contributed by atoms with E-state index in [1.165, 1.54) is 16.7 Å². The van der Waals surface area contributed by atoms with Crippen molar-refractivity contribution in [3.05, 3.63) is 144 Å². The van der Waals surface area contributed by atoms with Gasteiger partial charge in [0.1, 0.15) is 11.4 Å². The zero-order valence-electron chi connectivity index (χ0n) is 17.4. The summed E-state index contributed by atoms with van der Waals surface area (Å²) in [5.74, 6) is 0.940. The zero-order chi connectivity index (χ0) is 21.1. The Hall–Kier alpha value is -3.98. The molecule has 0 aliphatic rings. The van der Waals surface area contributed by atoms with Crippen molar-refractivity contribution in [1.29, 1.82) is 0 Å². The molecule has 0 atom stereocenters. The van der Waals surface area contributed by atoms with E-state index in [9.17, 15) is 0 Å². The van der Waals surface area contributed by atoms with Crippen LogP contribution in [0.4, 0.5) is 0 Å². The number of pyridine rings is 1. The van der Waals surface area contributed by atoms with E-state index >= 15 is 0 Å². The maximum Gasteiger partial charge on any atom is 0.121 e. The Labute approximate surface area is 182 Å². The van der Waals surface area contributed by atoms with E-state index in [0.717, 1.165) is 17.1 Å². The molecule has 0 unspecified atom stereocenters. The second-order valence-electron chi connectivity index (χ2n) is 7.59. The summed E-state index contributed by atoms with van der Waals surface area (Å²) in [6, 6.07) is 36.0. The fraction of sp³-hybridized carbons (Fsp3) is 0.0714. The summed E-state index contributed by atoms with van der Waals surface area (Å²) in [4.78, 5) is 9.23. The number of hydrogen-bond donors (Lipinski definition) is 0. The molecule has 3 nitrogen and oxygen atoms in total. The number of nitrogens with zero attached hydrogens (tertiary/aromatic N) is 3. The van der Waals surface area contributed by atoms with Gasteiger partial charge >= 0.3 is 0 Å². The average molecular weight is 402 g/mol. The molecule has 0 spiro atoms. The van der Waals surface area contributed by atoms with Crippen LogP contribution in [0, 0.1) is 6.92 Å². The van der Waals surface area contributed by atoms with Gasteiger partial charge in [-0.25, -0.2) is 4.98 Å². The summed E-state index contributed by atoms with van der Waals surface area (Å²) < 4.78 is 2.30. The summed E-state index contributed by atoms with van der Waals surface area (Å²) in [5, 5.41) is 0. The molecule has 0 N–H and O–H groups in total. The highest BCUT2D eigenvalue weighted by atomic mass is 15.1. The molecule has 150 valence electrons. The van der Waals surface area contributed by atoms with Gasteiger partial charge in [-0.05, 0) is 35.7 Å². The number of imidazole rings is 1. The van der Waals surface area contributed by atoms with Gasteiger partial charge in [0.15, 0.2) is 0 Å². The van der Waals surface area contributed by atoms with Crippen LogP contribution in [0.3, 0.4) is 0 Å². The summed E-state index contributed by atoms with van der Waals surface area (Å²) in [5.41, 5.74) is 4.92. The lowest BCUT2D eigenvalue weighted by Gasteiger charge is -2.38. The third kappa shape index (κ3) is 3.24. The maximum absolute atomic E-state index is 4.95. The lowest BCUT2D eigenvalue weighted by atomic mass is 9.76. The molecular weight excluding hydrogens is 378 g/mol. The quantitative estimate of drug-likeness (QED) is 0.334. The van der Waals surface area contributed by atoms with Crippen molar-refractivity contribution in [3.8, 4) is 11.3 Å². The first-order chi connectivity index (χ1) is 15.3. The second-order valence-corrected chi connectivity index (χ2v) is 7.59. The normalized spacial score (nSPS) is 11.4. The molecule has 0 saturated heterocycles. The molecule has 0 aliphatic carbocycles. The van der Waals surface area contributed by atoms with Crippen LogP contribution in [0.5, 0.6) is 0 Å². The smallest absolute Gasteiger partial charge is 0.121 e. The molecular formula is C28H23N3. The number of benzene rings is 3. The van der Waals surface area contributed by atoms with Gasteiger partial charge in [-0.3, -0.25) is 4.98 Å². The van der Waals surface area contributed by atoms with Gasteiger partial charge in [0.05, 0.1) is 5.69 Å². The molecule has 0 radical (unpaired) electrons. The lowest BCUT2D eigenvalue weighted by Crippen LogP contribution is -2.38. The molecule has 0 amide bonds. The van der Waals surface area contributed by atoms with Crippen LogP contribution in [0.15, 0.2) is 122 Å². The van der Waals surface area contributed by atoms with Crippen molar-refractivity contribution in [2.75, 3.05) is 0 Å². The summed E-state index contributed by atoms with van der Waals surface area (Å²) in [6.45, 7) is 2.07. The number of rotatable bonds is 5. The number of hydrogen-bond acceptors (Lipinski definition) is 2. The van der Waals surface area contributed by atoms with Crippen LogP contribution < -0.4 is 0 Å². The third-order valence-electron chi connectivity index (χ3n) is 5.78. The van der Waals surface area contributed by atoms with E-state index in [1.54, 1.807) is 6.20 Å². The Morgan fingerprint density at radius 2 is 1.16 bits per heavy atom. The van der Waals surface area contributed by atoms with Gasteiger partial charge in [0.25, 0.3) is 0 Å². The predicted molar refractivity (Wildman–Crippen MR) is 125 cm³/mol.